The van der Waals surface area contributed by atoms with Crippen LogP contribution in [0.5, 0.6) is 5.75 Å². The number of hydrogen-bond acceptors (Lipinski definition) is 5. The van der Waals surface area contributed by atoms with Crippen LogP contribution in [0.2, 0.25) is 0 Å². The molecule has 0 radical (unpaired) electrons. The number of ether oxygens (including phenoxy) is 1. The van der Waals surface area contributed by atoms with E-state index in [0.29, 0.717) is 17.6 Å². The van der Waals surface area contributed by atoms with Crippen LogP contribution in [0.3, 0.4) is 0 Å². The minimum Gasteiger partial charge on any atom is -0.496 e. The molecule has 1 aromatic heterocycles. The fourth-order valence-electron chi connectivity index (χ4n) is 1.77. The first-order valence-corrected chi connectivity index (χ1v) is 7.04. The van der Waals surface area contributed by atoms with Gasteiger partial charge in [-0.3, -0.25) is 0 Å². The van der Waals surface area contributed by atoms with Gasteiger partial charge in [-0.05, 0) is 40.0 Å². The number of aromatic nitrogens is 2. The Balaban J connectivity index is 2.51. The van der Waals surface area contributed by atoms with Crippen molar-refractivity contribution in [3.8, 4) is 17.1 Å². The predicted molar refractivity (Wildman–Crippen MR) is 83.6 cm³/mol. The van der Waals surface area contributed by atoms with Crippen LogP contribution >= 0.6 is 15.9 Å². The van der Waals surface area contributed by atoms with Gasteiger partial charge in [0.15, 0.2) is 5.82 Å². The molecule has 0 aliphatic heterocycles. The van der Waals surface area contributed by atoms with Crippen LogP contribution < -0.4 is 16.0 Å². The first-order valence-electron chi connectivity index (χ1n) is 6.24. The lowest BCUT2D eigenvalue weighted by Crippen LogP contribution is -2.11. The van der Waals surface area contributed by atoms with Crippen LogP contribution in [-0.2, 0) is 0 Å². The highest BCUT2D eigenvalue weighted by Crippen LogP contribution is 2.30. The smallest absolute Gasteiger partial charge is 0.161 e. The van der Waals surface area contributed by atoms with E-state index in [-0.39, 0.29) is 0 Å². The van der Waals surface area contributed by atoms with Gasteiger partial charge in [0.1, 0.15) is 11.6 Å². The van der Waals surface area contributed by atoms with E-state index < -0.39 is 0 Å². The molecule has 6 heteroatoms. The van der Waals surface area contributed by atoms with Gasteiger partial charge in [0.2, 0.25) is 0 Å². The van der Waals surface area contributed by atoms with E-state index in [1.807, 2.05) is 24.3 Å². The van der Waals surface area contributed by atoms with E-state index in [1.165, 1.54) is 0 Å². The second kappa shape index (κ2) is 6.19. The molecule has 0 unspecified atom stereocenters. The Morgan fingerprint density at radius 1 is 1.25 bits per heavy atom. The standard InChI is InChI=1S/C14H17BrN4O/c1-8(2)11-7-13(19-16)18-14(17-11)9-4-5-12(20-3)10(15)6-9/h4-8H,16H2,1-3H3,(H,17,18,19). The number of hydrazine groups is 1. The van der Waals surface area contributed by atoms with E-state index in [4.69, 9.17) is 10.6 Å². The highest BCUT2D eigenvalue weighted by Gasteiger charge is 2.10. The van der Waals surface area contributed by atoms with Crippen LogP contribution in [0, 0.1) is 0 Å². The zero-order chi connectivity index (χ0) is 14.7. The normalized spacial score (nSPS) is 10.7. The van der Waals surface area contributed by atoms with Crippen LogP contribution in [0.25, 0.3) is 11.4 Å². The molecule has 0 saturated heterocycles. The molecular formula is C14H17BrN4O. The highest BCUT2D eigenvalue weighted by molar-refractivity contribution is 9.10. The van der Waals surface area contributed by atoms with Gasteiger partial charge in [-0.15, -0.1) is 0 Å². The molecule has 3 N–H and O–H groups in total. The lowest BCUT2D eigenvalue weighted by atomic mass is 10.1. The molecule has 1 heterocycles. The fraction of sp³-hybridized carbons (Fsp3) is 0.286. The number of hydrogen-bond donors (Lipinski definition) is 2. The molecule has 0 amide bonds. The average Bonchev–Trinajstić information content (AvgIpc) is 2.46. The van der Waals surface area contributed by atoms with Crippen LogP contribution in [0.1, 0.15) is 25.5 Å². The molecular weight excluding hydrogens is 320 g/mol. The Hall–Kier alpha value is -1.66. The summed E-state index contributed by atoms with van der Waals surface area (Å²) in [6.45, 7) is 4.16. The molecule has 106 valence electrons. The number of benzene rings is 1. The van der Waals surface area contributed by atoms with E-state index >= 15 is 0 Å². The minimum absolute atomic E-state index is 0.297. The number of nitrogens with zero attached hydrogens (tertiary/aromatic N) is 2. The quantitative estimate of drug-likeness (QED) is 0.661. The third kappa shape index (κ3) is 3.08. The van der Waals surface area contributed by atoms with E-state index in [1.54, 1.807) is 7.11 Å². The maximum absolute atomic E-state index is 5.47. The zero-order valence-corrected chi connectivity index (χ0v) is 13.2. The number of methoxy groups -OCH3 is 1. The van der Waals surface area contributed by atoms with Crippen molar-refractivity contribution >= 4 is 21.7 Å². The average molecular weight is 337 g/mol. The number of rotatable bonds is 4. The van der Waals surface area contributed by atoms with Crippen LogP contribution in [0.15, 0.2) is 28.7 Å². The van der Waals surface area contributed by atoms with Crippen molar-refractivity contribution < 1.29 is 4.74 Å². The molecule has 0 aliphatic carbocycles. The zero-order valence-electron chi connectivity index (χ0n) is 11.6. The van der Waals surface area contributed by atoms with Gasteiger partial charge in [0, 0.05) is 17.3 Å². The second-order valence-electron chi connectivity index (χ2n) is 4.65. The third-order valence-corrected chi connectivity index (χ3v) is 3.52. The summed E-state index contributed by atoms with van der Waals surface area (Å²) in [7, 11) is 1.63. The Labute approximate surface area is 126 Å². The number of anilines is 1. The molecule has 2 rings (SSSR count). The van der Waals surface area contributed by atoms with Crippen molar-refractivity contribution in [1.82, 2.24) is 9.97 Å². The summed E-state index contributed by atoms with van der Waals surface area (Å²) >= 11 is 3.47. The van der Waals surface area contributed by atoms with Crippen molar-refractivity contribution in [2.45, 2.75) is 19.8 Å². The molecule has 0 bridgehead atoms. The van der Waals surface area contributed by atoms with Crippen molar-refractivity contribution in [3.05, 3.63) is 34.4 Å². The number of halogens is 1. The maximum atomic E-state index is 5.47. The SMILES string of the molecule is COc1ccc(-c2nc(NN)cc(C(C)C)n2)cc1Br. The van der Waals surface area contributed by atoms with Crippen LogP contribution in [0.4, 0.5) is 5.82 Å². The third-order valence-electron chi connectivity index (χ3n) is 2.90. The van der Waals surface area contributed by atoms with Gasteiger partial charge in [-0.25, -0.2) is 15.8 Å². The summed E-state index contributed by atoms with van der Waals surface area (Å²) in [6, 6.07) is 7.58. The van der Waals surface area contributed by atoms with Gasteiger partial charge in [0.05, 0.1) is 11.6 Å². The van der Waals surface area contributed by atoms with Gasteiger partial charge in [0.25, 0.3) is 0 Å². The van der Waals surface area contributed by atoms with Gasteiger partial charge in [-0.2, -0.15) is 0 Å². The summed E-state index contributed by atoms with van der Waals surface area (Å²) in [5.74, 6) is 7.77. The summed E-state index contributed by atoms with van der Waals surface area (Å²) in [6.07, 6.45) is 0. The summed E-state index contributed by atoms with van der Waals surface area (Å²) < 4.78 is 6.08. The van der Waals surface area contributed by atoms with E-state index in [0.717, 1.165) is 21.5 Å². The number of nitrogen functional groups attached to an aromatic ring is 1. The van der Waals surface area contributed by atoms with Crippen LogP contribution in [-0.4, -0.2) is 17.1 Å². The largest absolute Gasteiger partial charge is 0.496 e. The summed E-state index contributed by atoms with van der Waals surface area (Å²) in [5.41, 5.74) is 4.42. The molecule has 0 fully saturated rings. The van der Waals surface area contributed by atoms with Crippen molar-refractivity contribution in [3.63, 3.8) is 0 Å². The first kappa shape index (κ1) is 14.7. The molecule has 0 spiro atoms. The highest BCUT2D eigenvalue weighted by atomic mass is 79.9. The maximum Gasteiger partial charge on any atom is 0.161 e. The molecule has 2 aromatic rings. The van der Waals surface area contributed by atoms with Crippen molar-refractivity contribution in [2.24, 2.45) is 5.84 Å². The molecule has 5 nitrogen and oxygen atoms in total. The topological polar surface area (TPSA) is 73.1 Å². The molecule has 0 saturated carbocycles. The lowest BCUT2D eigenvalue weighted by Gasteiger charge is -2.11. The molecule has 20 heavy (non-hydrogen) atoms. The Kier molecular flexibility index (Phi) is 4.57. The van der Waals surface area contributed by atoms with Crippen molar-refractivity contribution in [2.75, 3.05) is 12.5 Å². The Morgan fingerprint density at radius 2 is 2.00 bits per heavy atom. The summed E-state index contributed by atoms with van der Waals surface area (Å²) in [4.78, 5) is 8.97. The number of nitrogens with two attached hydrogens (primary N) is 1. The lowest BCUT2D eigenvalue weighted by molar-refractivity contribution is 0.412. The fourth-order valence-corrected chi connectivity index (χ4v) is 2.31. The first-order chi connectivity index (χ1) is 9.55. The van der Waals surface area contributed by atoms with E-state index in [2.05, 4.69) is 45.2 Å². The predicted octanol–water partition coefficient (Wildman–Crippen LogP) is 3.32. The second-order valence-corrected chi connectivity index (χ2v) is 5.50. The van der Waals surface area contributed by atoms with Gasteiger partial charge in [-0.1, -0.05) is 13.8 Å². The molecule has 0 aliphatic rings. The number of nitrogens with one attached hydrogen (secondary N) is 1. The Bertz CT molecular complexity index is 616. The minimum atomic E-state index is 0.297. The van der Waals surface area contributed by atoms with E-state index in [9.17, 15) is 0 Å². The molecule has 0 atom stereocenters. The summed E-state index contributed by atoms with van der Waals surface area (Å²) in [5, 5.41) is 0. The van der Waals surface area contributed by atoms with Crippen molar-refractivity contribution in [1.29, 1.82) is 0 Å². The monoisotopic (exact) mass is 336 g/mol. The van der Waals surface area contributed by atoms with Gasteiger partial charge < -0.3 is 10.2 Å². The van der Waals surface area contributed by atoms with Gasteiger partial charge >= 0.3 is 0 Å². The Morgan fingerprint density at radius 3 is 2.55 bits per heavy atom. The molecule has 1 aromatic carbocycles.